The van der Waals surface area contributed by atoms with E-state index in [0.29, 0.717) is 6.04 Å². The molecule has 0 spiro atoms. The van der Waals surface area contributed by atoms with Gasteiger partial charge in [-0.05, 0) is 19.4 Å². The van der Waals surface area contributed by atoms with Crippen LogP contribution >= 0.6 is 24.8 Å². The zero-order chi connectivity index (χ0) is 14.8. The average Bonchev–Trinajstić information content (AvgIpc) is 3.06. The average molecular weight is 364 g/mol. The maximum absolute atomic E-state index is 11.6. The fraction of sp³-hybridized carbons (Fsp3) is 0.733. The Morgan fingerprint density at radius 3 is 2.87 bits per heavy atom. The van der Waals surface area contributed by atoms with Crippen molar-refractivity contribution in [2.24, 2.45) is 0 Å². The summed E-state index contributed by atoms with van der Waals surface area (Å²) in [4.78, 5) is 16.0. The number of halogens is 2. The number of carbonyl (C=O) groups excluding carboxylic acids is 1. The third-order valence-corrected chi connectivity index (χ3v) is 4.54. The first kappa shape index (κ1) is 20.2. The number of nitrogens with one attached hydrogen (secondary N) is 1. The van der Waals surface area contributed by atoms with Crippen molar-refractivity contribution in [2.75, 3.05) is 26.2 Å². The fourth-order valence-corrected chi connectivity index (χ4v) is 3.51. The van der Waals surface area contributed by atoms with Crippen molar-refractivity contribution >= 4 is 30.7 Å². The summed E-state index contributed by atoms with van der Waals surface area (Å²) in [7, 11) is 0. The van der Waals surface area contributed by atoms with Crippen LogP contribution in [0.3, 0.4) is 0 Å². The number of amides is 1. The minimum atomic E-state index is 0. The van der Waals surface area contributed by atoms with E-state index in [-0.39, 0.29) is 30.7 Å². The number of rotatable bonds is 4. The van der Waals surface area contributed by atoms with E-state index in [1.807, 2.05) is 4.90 Å². The van der Waals surface area contributed by atoms with E-state index in [4.69, 9.17) is 5.10 Å². The lowest BCUT2D eigenvalue weighted by Crippen LogP contribution is -2.40. The monoisotopic (exact) mass is 363 g/mol. The van der Waals surface area contributed by atoms with Gasteiger partial charge in [0, 0.05) is 52.2 Å². The molecule has 1 amide bonds. The number of aromatic nitrogens is 2. The van der Waals surface area contributed by atoms with Crippen molar-refractivity contribution in [2.45, 2.75) is 45.9 Å². The molecule has 6 nitrogen and oxygen atoms in total. The fourth-order valence-electron chi connectivity index (χ4n) is 3.51. The highest BCUT2D eigenvalue weighted by atomic mass is 35.5. The van der Waals surface area contributed by atoms with Crippen molar-refractivity contribution in [3.05, 3.63) is 17.5 Å². The van der Waals surface area contributed by atoms with Crippen molar-refractivity contribution in [1.82, 2.24) is 24.9 Å². The molecule has 2 aliphatic rings. The van der Waals surface area contributed by atoms with Crippen LogP contribution in [0.5, 0.6) is 0 Å². The number of nitrogens with zero attached hydrogens (tertiary/aromatic N) is 4. The molecule has 0 bridgehead atoms. The second kappa shape index (κ2) is 8.87. The maximum atomic E-state index is 11.6. The lowest BCUT2D eigenvalue weighted by molar-refractivity contribution is -0.130. The highest BCUT2D eigenvalue weighted by Crippen LogP contribution is 2.18. The van der Waals surface area contributed by atoms with Gasteiger partial charge in [-0.3, -0.25) is 14.4 Å². The molecule has 0 aromatic carbocycles. The van der Waals surface area contributed by atoms with Gasteiger partial charge in [-0.1, -0.05) is 0 Å². The number of likely N-dealkylation sites (N-methyl/N-ethyl adjacent to an activating group) is 1. The molecule has 1 N–H and O–H groups in total. The molecule has 2 aliphatic heterocycles. The molecule has 1 saturated heterocycles. The van der Waals surface area contributed by atoms with Gasteiger partial charge < -0.3 is 10.2 Å². The summed E-state index contributed by atoms with van der Waals surface area (Å²) in [6.45, 7) is 10.3. The van der Waals surface area contributed by atoms with E-state index in [9.17, 15) is 4.79 Å². The first-order chi connectivity index (χ1) is 10.2. The highest BCUT2D eigenvalue weighted by Gasteiger charge is 2.28. The van der Waals surface area contributed by atoms with Crippen LogP contribution in [0.1, 0.15) is 31.7 Å². The van der Waals surface area contributed by atoms with E-state index in [0.717, 1.165) is 57.9 Å². The van der Waals surface area contributed by atoms with Crippen LogP contribution < -0.4 is 5.32 Å². The zero-order valence-electron chi connectivity index (χ0n) is 13.8. The molecule has 1 aromatic rings. The quantitative estimate of drug-likeness (QED) is 0.875. The number of hydrogen-bond acceptors (Lipinski definition) is 4. The summed E-state index contributed by atoms with van der Waals surface area (Å²) >= 11 is 0. The van der Waals surface area contributed by atoms with Crippen LogP contribution in [0, 0.1) is 0 Å². The second-order valence-corrected chi connectivity index (χ2v) is 6.01. The summed E-state index contributed by atoms with van der Waals surface area (Å²) in [5.41, 5.74) is 2.44. The Bertz CT molecular complexity index is 498. The number of hydrogen-bond donors (Lipinski definition) is 1. The normalized spacial score (nSPS) is 20.3. The van der Waals surface area contributed by atoms with Gasteiger partial charge in [0.25, 0.3) is 0 Å². The van der Waals surface area contributed by atoms with Crippen LogP contribution in [0.25, 0.3) is 0 Å². The lowest BCUT2D eigenvalue weighted by Gasteiger charge is -2.26. The van der Waals surface area contributed by atoms with E-state index >= 15 is 0 Å². The molecule has 1 aromatic heterocycles. The van der Waals surface area contributed by atoms with E-state index in [2.05, 4.69) is 27.9 Å². The molecule has 0 saturated carbocycles. The van der Waals surface area contributed by atoms with Gasteiger partial charge in [0.15, 0.2) is 0 Å². The molecular weight excluding hydrogens is 337 g/mol. The predicted molar refractivity (Wildman–Crippen MR) is 95.2 cm³/mol. The molecule has 23 heavy (non-hydrogen) atoms. The maximum Gasteiger partial charge on any atom is 0.219 e. The molecular formula is C15H27Cl2N5O. The number of fused-ring (bicyclic) bond motifs is 1. The topological polar surface area (TPSA) is 53.4 Å². The summed E-state index contributed by atoms with van der Waals surface area (Å²) in [5.74, 6) is 0.188. The van der Waals surface area contributed by atoms with E-state index < -0.39 is 0 Å². The minimum absolute atomic E-state index is 0. The van der Waals surface area contributed by atoms with Crippen molar-refractivity contribution in [3.63, 3.8) is 0 Å². The predicted octanol–water partition coefficient (Wildman–Crippen LogP) is 1.27. The largest absolute Gasteiger partial charge is 0.339 e. The SMILES string of the molecule is CCN(C(C)=O)C1CCN(Cc2cc3n(n2)CCNC3)C1.Cl.Cl. The number of likely N-dealkylation sites (tertiary alicyclic amines) is 1. The number of carbonyl (C=O) groups is 1. The Hall–Kier alpha value is -0.820. The van der Waals surface area contributed by atoms with Gasteiger partial charge in [0.2, 0.25) is 5.91 Å². The Morgan fingerprint density at radius 1 is 1.43 bits per heavy atom. The van der Waals surface area contributed by atoms with Crippen molar-refractivity contribution in [3.8, 4) is 0 Å². The van der Waals surface area contributed by atoms with Gasteiger partial charge in [-0.25, -0.2) is 0 Å². The summed E-state index contributed by atoms with van der Waals surface area (Å²) in [6.07, 6.45) is 1.07. The first-order valence-electron chi connectivity index (χ1n) is 7.93. The Balaban J connectivity index is 0.00000132. The summed E-state index contributed by atoms with van der Waals surface area (Å²) < 4.78 is 2.12. The standard InChI is InChI=1S/C15H25N5O.2ClH/c1-3-19(12(2)21)14-4-6-18(11-14)10-13-8-15-9-16-5-7-20(15)17-13;;/h8,14,16H,3-7,9-11H2,1-2H3;2*1H. The molecule has 3 rings (SSSR count). The van der Waals surface area contributed by atoms with Gasteiger partial charge in [-0.15, -0.1) is 24.8 Å². The minimum Gasteiger partial charge on any atom is -0.339 e. The lowest BCUT2D eigenvalue weighted by atomic mass is 10.2. The van der Waals surface area contributed by atoms with Crippen LogP contribution in [-0.4, -0.2) is 57.7 Å². The van der Waals surface area contributed by atoms with Crippen LogP contribution in [0.2, 0.25) is 0 Å². The molecule has 0 aliphatic carbocycles. The van der Waals surface area contributed by atoms with E-state index in [1.54, 1.807) is 6.92 Å². The molecule has 132 valence electrons. The summed E-state index contributed by atoms with van der Waals surface area (Å²) in [5, 5.41) is 8.07. The van der Waals surface area contributed by atoms with Crippen LogP contribution in [-0.2, 0) is 24.4 Å². The summed E-state index contributed by atoms with van der Waals surface area (Å²) in [6, 6.07) is 2.58. The Labute approximate surface area is 150 Å². The van der Waals surface area contributed by atoms with E-state index in [1.165, 1.54) is 5.69 Å². The molecule has 0 radical (unpaired) electrons. The van der Waals surface area contributed by atoms with Crippen molar-refractivity contribution in [1.29, 1.82) is 0 Å². The van der Waals surface area contributed by atoms with Gasteiger partial charge in [0.1, 0.15) is 0 Å². The Kier molecular flexibility index (Phi) is 7.80. The zero-order valence-corrected chi connectivity index (χ0v) is 15.5. The third kappa shape index (κ3) is 4.59. The second-order valence-electron chi connectivity index (χ2n) is 6.01. The first-order valence-corrected chi connectivity index (χ1v) is 7.93. The van der Waals surface area contributed by atoms with Crippen molar-refractivity contribution < 1.29 is 4.79 Å². The molecule has 8 heteroatoms. The van der Waals surface area contributed by atoms with Crippen LogP contribution in [0.4, 0.5) is 0 Å². The molecule has 1 fully saturated rings. The third-order valence-electron chi connectivity index (χ3n) is 4.54. The van der Waals surface area contributed by atoms with Gasteiger partial charge >= 0.3 is 0 Å². The van der Waals surface area contributed by atoms with Crippen LogP contribution in [0.15, 0.2) is 6.07 Å². The molecule has 1 unspecified atom stereocenters. The molecule has 3 heterocycles. The Morgan fingerprint density at radius 2 is 2.22 bits per heavy atom. The smallest absolute Gasteiger partial charge is 0.219 e. The van der Waals surface area contributed by atoms with Gasteiger partial charge in [0.05, 0.1) is 17.9 Å². The highest BCUT2D eigenvalue weighted by molar-refractivity contribution is 5.85. The van der Waals surface area contributed by atoms with Gasteiger partial charge in [-0.2, -0.15) is 5.10 Å². The molecule has 1 atom stereocenters.